The van der Waals surface area contributed by atoms with Gasteiger partial charge in [0.15, 0.2) is 0 Å². The number of morpholine rings is 1. The smallest absolute Gasteiger partial charge is 0.378 e. The number of nitrogens with zero attached hydrogens (tertiary/aromatic N) is 3. The topological polar surface area (TPSA) is 67.4 Å². The number of hydrogen-bond donors (Lipinski definition) is 1. The number of amides is 1. The van der Waals surface area contributed by atoms with Crippen molar-refractivity contribution in [1.82, 2.24) is 9.97 Å². The van der Waals surface area contributed by atoms with Gasteiger partial charge in [-0.25, -0.2) is 4.98 Å². The molecule has 36 heavy (non-hydrogen) atoms. The minimum Gasteiger partial charge on any atom is -0.378 e. The molecule has 2 aromatic heterocycles. The molecule has 6 nitrogen and oxygen atoms in total. The molecule has 1 aliphatic heterocycles. The third kappa shape index (κ3) is 6.29. The molecule has 11 heteroatoms. The van der Waals surface area contributed by atoms with Crippen LogP contribution in [-0.2, 0) is 10.9 Å². The van der Waals surface area contributed by atoms with Gasteiger partial charge in [-0.1, -0.05) is 6.07 Å². The van der Waals surface area contributed by atoms with E-state index in [1.165, 1.54) is 15.0 Å². The van der Waals surface area contributed by atoms with Crippen LogP contribution in [0.5, 0.6) is 0 Å². The summed E-state index contributed by atoms with van der Waals surface area (Å²) in [7, 11) is 1.38. The third-order valence-corrected chi connectivity index (χ3v) is 6.39. The zero-order chi connectivity index (χ0) is 25.7. The van der Waals surface area contributed by atoms with Crippen LogP contribution in [0.2, 0.25) is 0 Å². The molecule has 1 fully saturated rings. The molecule has 1 aliphatic rings. The number of carbonyl (C=O) groups is 1. The molecular weight excluding hydrogens is 604 g/mol. The van der Waals surface area contributed by atoms with Crippen LogP contribution >= 0.6 is 30.1 Å². The first-order chi connectivity index (χ1) is 17.3. The molecule has 1 amide bonds. The van der Waals surface area contributed by atoms with Crippen molar-refractivity contribution >= 4 is 47.4 Å². The van der Waals surface area contributed by atoms with Crippen LogP contribution in [-0.4, -0.2) is 42.2 Å². The first kappa shape index (κ1) is 26.2. The van der Waals surface area contributed by atoms with Crippen LogP contribution < -0.4 is 10.2 Å². The van der Waals surface area contributed by atoms with Gasteiger partial charge in [0.2, 0.25) is 0 Å². The van der Waals surface area contributed by atoms with Gasteiger partial charge in [-0.3, -0.25) is 9.78 Å². The highest BCUT2D eigenvalue weighted by Gasteiger charge is 2.33. The van der Waals surface area contributed by atoms with Crippen LogP contribution in [0.1, 0.15) is 27.3 Å². The monoisotopic (exact) mass is 624 g/mol. The van der Waals surface area contributed by atoms with E-state index in [9.17, 15) is 18.0 Å². The summed E-state index contributed by atoms with van der Waals surface area (Å²) < 4.78 is 44.4. The zero-order valence-electron chi connectivity index (χ0n) is 19.0. The van der Waals surface area contributed by atoms with E-state index >= 15 is 0 Å². The summed E-state index contributed by atoms with van der Waals surface area (Å²) in [6.07, 6.45) is -1.93. The van der Waals surface area contributed by atoms with Gasteiger partial charge in [0.1, 0.15) is 11.4 Å². The van der Waals surface area contributed by atoms with Crippen LogP contribution in [0.3, 0.4) is 0 Å². The molecule has 186 valence electrons. The summed E-state index contributed by atoms with van der Waals surface area (Å²) >= 11 is 2.11. The standard InChI is InChI=1S/C25H20F3IN4O2S/c1-16-2-3-19(32-24(34)17-4-6-30-23(13-17)25(26,27)28)14-20(16)18-12-22(33-7-9-35-10-8-33)21(31-15-18)5-11-36-29/h2-4,6,12-15H,7-10H2,1H3,(H,32,34). The highest BCUT2D eigenvalue weighted by Crippen LogP contribution is 2.32. The predicted octanol–water partition coefficient (Wildman–Crippen LogP) is 5.95. The molecule has 0 aliphatic carbocycles. The maximum absolute atomic E-state index is 13.0. The fourth-order valence-electron chi connectivity index (χ4n) is 3.75. The Morgan fingerprint density at radius 1 is 1.17 bits per heavy atom. The fourth-order valence-corrected chi connectivity index (χ4v) is 4.22. The van der Waals surface area contributed by atoms with Gasteiger partial charge in [0, 0.05) is 63.5 Å². The van der Waals surface area contributed by atoms with Crippen molar-refractivity contribution in [1.29, 1.82) is 0 Å². The minimum atomic E-state index is -4.63. The van der Waals surface area contributed by atoms with Crippen molar-refractivity contribution in [3.05, 3.63) is 71.3 Å². The second-order valence-electron chi connectivity index (χ2n) is 7.91. The van der Waals surface area contributed by atoms with Crippen LogP contribution in [0.15, 0.2) is 48.8 Å². The summed E-state index contributed by atoms with van der Waals surface area (Å²) in [5.74, 6) is 2.43. The molecule has 1 saturated heterocycles. The molecule has 0 radical (unpaired) electrons. The Balaban J connectivity index is 1.65. The van der Waals surface area contributed by atoms with Crippen molar-refractivity contribution in [2.45, 2.75) is 13.1 Å². The van der Waals surface area contributed by atoms with E-state index in [1.807, 2.05) is 19.1 Å². The molecule has 3 aromatic rings. The van der Waals surface area contributed by atoms with E-state index in [0.29, 0.717) is 24.6 Å². The Morgan fingerprint density at radius 3 is 2.67 bits per heavy atom. The number of anilines is 2. The van der Waals surface area contributed by atoms with Crippen LogP contribution in [0.25, 0.3) is 11.1 Å². The maximum Gasteiger partial charge on any atom is 0.433 e. The summed E-state index contributed by atoms with van der Waals surface area (Å²) in [4.78, 5) is 22.8. The quantitative estimate of drug-likeness (QED) is 0.286. The summed E-state index contributed by atoms with van der Waals surface area (Å²) in [5.41, 5.74) is 3.39. The van der Waals surface area contributed by atoms with Crippen molar-refractivity contribution in [3.63, 3.8) is 0 Å². The van der Waals surface area contributed by atoms with E-state index in [4.69, 9.17) is 4.74 Å². The maximum atomic E-state index is 13.0. The van der Waals surface area contributed by atoms with E-state index in [2.05, 4.69) is 52.6 Å². The summed E-state index contributed by atoms with van der Waals surface area (Å²) in [6.45, 7) is 4.61. The normalized spacial score (nSPS) is 13.6. The Labute approximate surface area is 222 Å². The Morgan fingerprint density at radius 2 is 1.94 bits per heavy atom. The van der Waals surface area contributed by atoms with Gasteiger partial charge >= 0.3 is 6.18 Å². The molecule has 4 rings (SSSR count). The first-order valence-corrected chi connectivity index (χ1v) is 14.2. The van der Waals surface area contributed by atoms with Crippen molar-refractivity contribution in [2.24, 2.45) is 0 Å². The number of ether oxygens (including phenoxy) is 1. The van der Waals surface area contributed by atoms with Gasteiger partial charge < -0.3 is 15.0 Å². The number of nitrogens with one attached hydrogen (secondary N) is 1. The number of halogens is 4. The van der Waals surface area contributed by atoms with Gasteiger partial charge in [-0.05, 0) is 68.5 Å². The molecule has 1 aromatic carbocycles. The predicted molar refractivity (Wildman–Crippen MR) is 143 cm³/mol. The van der Waals surface area contributed by atoms with E-state index in [1.54, 1.807) is 18.3 Å². The van der Waals surface area contributed by atoms with Crippen molar-refractivity contribution in [3.8, 4) is 22.3 Å². The number of pyridine rings is 2. The van der Waals surface area contributed by atoms with E-state index in [0.717, 1.165) is 47.7 Å². The number of benzene rings is 1. The zero-order valence-corrected chi connectivity index (χ0v) is 22.0. The molecule has 1 N–H and O–H groups in total. The van der Waals surface area contributed by atoms with E-state index in [-0.39, 0.29) is 5.56 Å². The molecule has 0 unspecified atom stereocenters. The van der Waals surface area contributed by atoms with Gasteiger partial charge in [-0.2, -0.15) is 13.2 Å². The number of aryl methyl sites for hydroxylation is 1. The van der Waals surface area contributed by atoms with Gasteiger partial charge in [0.05, 0.1) is 18.9 Å². The Hall–Kier alpha value is -2.82. The Bertz CT molecular complexity index is 1330. The van der Waals surface area contributed by atoms with E-state index < -0.39 is 17.8 Å². The first-order valence-electron chi connectivity index (χ1n) is 10.8. The molecule has 0 spiro atoms. The molecule has 0 atom stereocenters. The number of carbonyl (C=O) groups excluding carboxylic acids is 1. The fraction of sp³-hybridized carbons (Fsp3) is 0.240. The van der Waals surface area contributed by atoms with Crippen LogP contribution in [0.4, 0.5) is 24.5 Å². The second kappa shape index (κ2) is 11.5. The Kier molecular flexibility index (Phi) is 8.38. The average molecular weight is 624 g/mol. The lowest BCUT2D eigenvalue weighted by molar-refractivity contribution is -0.141. The highest BCUT2D eigenvalue weighted by molar-refractivity contribution is 14.2. The summed E-state index contributed by atoms with van der Waals surface area (Å²) in [6, 6.07) is 9.32. The molecule has 0 saturated carbocycles. The highest BCUT2D eigenvalue weighted by atomic mass is 127. The molecule has 0 bridgehead atoms. The second-order valence-corrected chi connectivity index (χ2v) is 9.59. The minimum absolute atomic E-state index is 0.133. The largest absolute Gasteiger partial charge is 0.433 e. The van der Waals surface area contributed by atoms with Gasteiger partial charge in [0.25, 0.3) is 5.91 Å². The number of alkyl halides is 3. The van der Waals surface area contributed by atoms with Crippen molar-refractivity contribution < 1.29 is 22.7 Å². The lowest BCUT2D eigenvalue weighted by atomic mass is 10.00. The SMILES string of the molecule is Cc1ccc(NC(=O)c2ccnc(C(F)(F)F)c2)cc1-c1cnc(C#CSI)c(N2CCOCC2)c1. The molecular formula is C25H20F3IN4O2S. The number of aromatic nitrogens is 2. The van der Waals surface area contributed by atoms with Gasteiger partial charge in [-0.15, -0.1) is 0 Å². The molecule has 3 heterocycles. The number of hydrogen-bond acceptors (Lipinski definition) is 6. The van der Waals surface area contributed by atoms with Crippen molar-refractivity contribution in [2.75, 3.05) is 36.5 Å². The average Bonchev–Trinajstić information content (AvgIpc) is 2.88. The third-order valence-electron chi connectivity index (χ3n) is 5.55. The lowest BCUT2D eigenvalue weighted by Gasteiger charge is -2.29. The lowest BCUT2D eigenvalue weighted by Crippen LogP contribution is -2.36. The summed E-state index contributed by atoms with van der Waals surface area (Å²) in [5, 5.41) is 5.67. The van der Waals surface area contributed by atoms with Crippen LogP contribution in [0, 0.1) is 18.1 Å². The number of rotatable bonds is 4.